The smallest absolute Gasteiger partial charge is 0.255 e. The molecule has 8 heteroatoms. The Morgan fingerprint density at radius 1 is 1.52 bits per heavy atom. The highest BCUT2D eigenvalue weighted by molar-refractivity contribution is 7.99. The Kier molecular flexibility index (Phi) is 5.46. The number of amides is 1. The Bertz CT molecular complexity index is 632. The molecule has 0 fully saturated rings. The number of methoxy groups -OCH3 is 1. The lowest BCUT2D eigenvalue weighted by molar-refractivity contribution is 0.0953. The summed E-state index contributed by atoms with van der Waals surface area (Å²) in [4.78, 5) is 16.3. The zero-order valence-electron chi connectivity index (χ0n) is 11.6. The topological polar surface area (TPSA) is 79.9 Å². The minimum Gasteiger partial charge on any atom is -0.496 e. The molecule has 0 spiro atoms. The van der Waals surface area contributed by atoms with Crippen molar-refractivity contribution in [3.8, 4) is 5.75 Å². The number of halogens is 1. The lowest BCUT2D eigenvalue weighted by Gasteiger charge is -2.09. The van der Waals surface area contributed by atoms with E-state index in [1.54, 1.807) is 18.2 Å². The lowest BCUT2D eigenvalue weighted by Crippen LogP contribution is -2.26. The van der Waals surface area contributed by atoms with Crippen LogP contribution in [0.5, 0.6) is 5.75 Å². The van der Waals surface area contributed by atoms with Crippen LogP contribution in [0, 0.1) is 6.92 Å². The molecular weight excluding hydrogens is 312 g/mol. The van der Waals surface area contributed by atoms with E-state index in [2.05, 4.69) is 20.5 Å². The molecule has 112 valence electrons. The van der Waals surface area contributed by atoms with E-state index in [1.807, 2.05) is 6.92 Å². The number of thioether (sulfide) groups is 1. The number of nitrogens with zero attached hydrogens (tertiary/aromatic N) is 2. The quantitative estimate of drug-likeness (QED) is 0.629. The van der Waals surface area contributed by atoms with Gasteiger partial charge in [0.1, 0.15) is 11.6 Å². The van der Waals surface area contributed by atoms with E-state index in [4.69, 9.17) is 16.3 Å². The summed E-state index contributed by atoms with van der Waals surface area (Å²) in [6.07, 6.45) is 0. The number of aromatic nitrogens is 3. The molecule has 0 atom stereocenters. The third-order valence-electron chi connectivity index (χ3n) is 2.60. The second-order valence-electron chi connectivity index (χ2n) is 4.15. The van der Waals surface area contributed by atoms with Crippen molar-refractivity contribution in [2.45, 2.75) is 12.1 Å². The summed E-state index contributed by atoms with van der Waals surface area (Å²) in [5, 5.41) is 10.7. The van der Waals surface area contributed by atoms with E-state index in [-0.39, 0.29) is 5.91 Å². The molecule has 2 N–H and O–H groups in total. The summed E-state index contributed by atoms with van der Waals surface area (Å²) >= 11 is 7.37. The largest absolute Gasteiger partial charge is 0.496 e. The number of benzene rings is 1. The molecule has 0 saturated heterocycles. The van der Waals surface area contributed by atoms with Crippen LogP contribution < -0.4 is 10.1 Å². The van der Waals surface area contributed by atoms with Gasteiger partial charge < -0.3 is 10.1 Å². The standard InChI is InChI=1S/C13H15ClN4O2S/c1-8-16-13(18-17-8)21-6-5-15-12(19)10-7-9(14)3-4-11(10)20-2/h3-4,7H,5-6H2,1-2H3,(H,15,19)(H,16,17,18). The van der Waals surface area contributed by atoms with Gasteiger partial charge in [0.2, 0.25) is 5.16 Å². The van der Waals surface area contributed by atoms with E-state index in [0.717, 1.165) is 5.82 Å². The number of ether oxygens (including phenoxy) is 1. The van der Waals surface area contributed by atoms with Gasteiger partial charge in [0.15, 0.2) is 0 Å². The number of rotatable bonds is 6. The molecule has 1 heterocycles. The number of H-pyrrole nitrogens is 1. The van der Waals surface area contributed by atoms with Gasteiger partial charge in [-0.15, -0.1) is 5.10 Å². The first-order chi connectivity index (χ1) is 10.1. The average Bonchev–Trinajstić information content (AvgIpc) is 2.89. The van der Waals surface area contributed by atoms with E-state index >= 15 is 0 Å². The minimum atomic E-state index is -0.221. The van der Waals surface area contributed by atoms with Crippen molar-refractivity contribution in [1.82, 2.24) is 20.5 Å². The Labute approximate surface area is 131 Å². The lowest BCUT2D eigenvalue weighted by atomic mass is 10.2. The predicted molar refractivity (Wildman–Crippen MR) is 82.2 cm³/mol. The third-order valence-corrected chi connectivity index (χ3v) is 3.69. The predicted octanol–water partition coefficient (Wildman–Crippen LogP) is 2.30. The summed E-state index contributed by atoms with van der Waals surface area (Å²) in [5.74, 6) is 1.71. The SMILES string of the molecule is COc1ccc(Cl)cc1C(=O)NCCSc1n[nH]c(C)n1. The van der Waals surface area contributed by atoms with Crippen LogP contribution in [0.2, 0.25) is 5.02 Å². The normalized spacial score (nSPS) is 10.4. The Hall–Kier alpha value is -1.73. The highest BCUT2D eigenvalue weighted by Crippen LogP contribution is 2.22. The number of nitrogens with one attached hydrogen (secondary N) is 2. The molecule has 6 nitrogen and oxygen atoms in total. The van der Waals surface area contributed by atoms with Gasteiger partial charge in [0, 0.05) is 17.3 Å². The van der Waals surface area contributed by atoms with Crippen molar-refractivity contribution in [2.75, 3.05) is 19.4 Å². The van der Waals surface area contributed by atoms with Crippen molar-refractivity contribution < 1.29 is 9.53 Å². The molecule has 21 heavy (non-hydrogen) atoms. The van der Waals surface area contributed by atoms with Gasteiger partial charge in [-0.2, -0.15) is 0 Å². The molecule has 0 radical (unpaired) electrons. The van der Waals surface area contributed by atoms with E-state index in [9.17, 15) is 4.79 Å². The first-order valence-electron chi connectivity index (χ1n) is 6.23. The molecule has 0 aliphatic rings. The summed E-state index contributed by atoms with van der Waals surface area (Å²) in [6, 6.07) is 4.93. The van der Waals surface area contributed by atoms with Gasteiger partial charge in [-0.25, -0.2) is 4.98 Å². The number of carbonyl (C=O) groups excluding carboxylic acids is 1. The summed E-state index contributed by atoms with van der Waals surface area (Å²) < 4.78 is 5.15. The molecule has 0 aliphatic heterocycles. The number of hydrogen-bond donors (Lipinski definition) is 2. The fraction of sp³-hybridized carbons (Fsp3) is 0.308. The molecule has 0 saturated carbocycles. The third kappa shape index (κ3) is 4.37. The molecule has 1 aromatic carbocycles. The van der Waals surface area contributed by atoms with Gasteiger partial charge in [0.05, 0.1) is 12.7 Å². The van der Waals surface area contributed by atoms with Crippen molar-refractivity contribution >= 4 is 29.3 Å². The Morgan fingerprint density at radius 3 is 3.00 bits per heavy atom. The Balaban J connectivity index is 1.85. The maximum atomic E-state index is 12.1. The van der Waals surface area contributed by atoms with Crippen molar-refractivity contribution in [1.29, 1.82) is 0 Å². The maximum absolute atomic E-state index is 12.1. The maximum Gasteiger partial charge on any atom is 0.255 e. The van der Waals surface area contributed by atoms with Gasteiger partial charge in [0.25, 0.3) is 5.91 Å². The van der Waals surface area contributed by atoms with Crippen LogP contribution in [0.15, 0.2) is 23.4 Å². The molecule has 2 aromatic rings. The first-order valence-corrected chi connectivity index (χ1v) is 7.60. The van der Waals surface area contributed by atoms with Crippen LogP contribution >= 0.6 is 23.4 Å². The zero-order valence-corrected chi connectivity index (χ0v) is 13.2. The summed E-state index contributed by atoms with van der Waals surface area (Å²) in [5.41, 5.74) is 0.420. The molecule has 0 aliphatic carbocycles. The number of aryl methyl sites for hydroxylation is 1. The van der Waals surface area contributed by atoms with Gasteiger partial charge >= 0.3 is 0 Å². The molecular formula is C13H15ClN4O2S. The Morgan fingerprint density at radius 2 is 2.33 bits per heavy atom. The monoisotopic (exact) mass is 326 g/mol. The van der Waals surface area contributed by atoms with Crippen LogP contribution in [0.25, 0.3) is 0 Å². The van der Waals surface area contributed by atoms with E-state index in [1.165, 1.54) is 18.9 Å². The van der Waals surface area contributed by atoms with Crippen LogP contribution in [0.4, 0.5) is 0 Å². The number of carbonyl (C=O) groups is 1. The number of aromatic amines is 1. The zero-order chi connectivity index (χ0) is 15.2. The van der Waals surface area contributed by atoms with Gasteiger partial charge in [-0.1, -0.05) is 23.4 Å². The first kappa shape index (κ1) is 15.7. The van der Waals surface area contributed by atoms with Gasteiger partial charge in [-0.3, -0.25) is 9.89 Å². The van der Waals surface area contributed by atoms with E-state index in [0.29, 0.717) is 33.8 Å². The molecule has 0 bridgehead atoms. The van der Waals surface area contributed by atoms with Crippen molar-refractivity contribution in [2.24, 2.45) is 0 Å². The van der Waals surface area contributed by atoms with E-state index < -0.39 is 0 Å². The molecule has 2 rings (SSSR count). The second-order valence-corrected chi connectivity index (χ2v) is 5.65. The highest BCUT2D eigenvalue weighted by Gasteiger charge is 2.12. The second kappa shape index (κ2) is 7.33. The van der Waals surface area contributed by atoms with Crippen LogP contribution in [0.1, 0.15) is 16.2 Å². The average molecular weight is 327 g/mol. The minimum absolute atomic E-state index is 0.221. The van der Waals surface area contributed by atoms with Crippen molar-refractivity contribution in [3.63, 3.8) is 0 Å². The molecule has 0 unspecified atom stereocenters. The molecule has 1 amide bonds. The fourth-order valence-electron chi connectivity index (χ4n) is 1.65. The number of hydrogen-bond acceptors (Lipinski definition) is 5. The summed E-state index contributed by atoms with van der Waals surface area (Å²) in [7, 11) is 1.52. The van der Waals surface area contributed by atoms with Crippen LogP contribution in [-0.4, -0.2) is 40.5 Å². The molecule has 1 aromatic heterocycles. The highest BCUT2D eigenvalue weighted by atomic mass is 35.5. The fourth-order valence-corrected chi connectivity index (χ4v) is 2.52. The van der Waals surface area contributed by atoms with Crippen LogP contribution in [-0.2, 0) is 0 Å². The van der Waals surface area contributed by atoms with Gasteiger partial charge in [-0.05, 0) is 25.1 Å². The van der Waals surface area contributed by atoms with Crippen LogP contribution in [0.3, 0.4) is 0 Å². The summed E-state index contributed by atoms with van der Waals surface area (Å²) in [6.45, 7) is 2.33. The van der Waals surface area contributed by atoms with Crippen molar-refractivity contribution in [3.05, 3.63) is 34.6 Å².